The highest BCUT2D eigenvalue weighted by Crippen LogP contribution is 2.31. The van der Waals surface area contributed by atoms with Gasteiger partial charge in [0.1, 0.15) is 5.75 Å². The summed E-state index contributed by atoms with van der Waals surface area (Å²) in [6.45, 7) is -1.03. The topological polar surface area (TPSA) is 97.4 Å². The Morgan fingerprint density at radius 3 is 2.38 bits per heavy atom. The van der Waals surface area contributed by atoms with Gasteiger partial charge in [0.15, 0.2) is 5.13 Å². The van der Waals surface area contributed by atoms with Gasteiger partial charge in [-0.05, 0) is 62.4 Å². The molecule has 0 fully saturated rings. The first-order valence-electron chi connectivity index (χ1n) is 9.53. The molecule has 3 rings (SSSR count). The van der Waals surface area contributed by atoms with Crippen LogP contribution in [0, 0.1) is 6.92 Å². The third-order valence-corrected chi connectivity index (χ3v) is 6.86. The standard InChI is InChI=1S/C21H21F2N3O4S2/c1-13-19(15-6-8-16(9-7-15)30-20(22)23)26-21(31-13)25-18(27)12-5-14-3-10-17(11-4-14)32(28,29)24-2/h3-4,6-11,20,24H,5,12H2,1-2H3,(H,25,26,27). The molecule has 0 aliphatic rings. The Morgan fingerprint density at radius 1 is 1.12 bits per heavy atom. The molecular formula is C21H21F2N3O4S2. The first-order chi connectivity index (χ1) is 15.2. The number of nitrogens with zero attached hydrogens (tertiary/aromatic N) is 1. The molecule has 0 spiro atoms. The van der Waals surface area contributed by atoms with Crippen molar-refractivity contribution in [2.24, 2.45) is 0 Å². The van der Waals surface area contributed by atoms with Crippen LogP contribution in [0.2, 0.25) is 0 Å². The van der Waals surface area contributed by atoms with E-state index in [9.17, 15) is 22.0 Å². The lowest BCUT2D eigenvalue weighted by Gasteiger charge is -2.05. The molecule has 170 valence electrons. The highest BCUT2D eigenvalue weighted by molar-refractivity contribution is 7.89. The van der Waals surface area contributed by atoms with Gasteiger partial charge in [-0.25, -0.2) is 18.1 Å². The number of carbonyl (C=O) groups is 1. The van der Waals surface area contributed by atoms with Gasteiger partial charge >= 0.3 is 6.61 Å². The Labute approximate surface area is 188 Å². The zero-order chi connectivity index (χ0) is 23.3. The van der Waals surface area contributed by atoms with E-state index >= 15 is 0 Å². The van der Waals surface area contributed by atoms with E-state index in [0.29, 0.717) is 17.2 Å². The summed E-state index contributed by atoms with van der Waals surface area (Å²) in [5.74, 6) is -0.167. The fraction of sp³-hybridized carbons (Fsp3) is 0.238. The predicted octanol–water partition coefficient (Wildman–Crippen LogP) is 4.20. The highest BCUT2D eigenvalue weighted by atomic mass is 32.2. The Kier molecular flexibility index (Phi) is 7.54. The molecule has 0 saturated heterocycles. The molecule has 0 radical (unpaired) electrons. The number of sulfonamides is 1. The van der Waals surface area contributed by atoms with Gasteiger partial charge < -0.3 is 10.1 Å². The maximum absolute atomic E-state index is 12.3. The van der Waals surface area contributed by atoms with Crippen LogP contribution < -0.4 is 14.8 Å². The summed E-state index contributed by atoms with van der Waals surface area (Å²) in [5.41, 5.74) is 2.20. The lowest BCUT2D eigenvalue weighted by Crippen LogP contribution is -2.18. The minimum absolute atomic E-state index is 0.0572. The summed E-state index contributed by atoms with van der Waals surface area (Å²) in [6.07, 6.45) is 0.639. The van der Waals surface area contributed by atoms with Crippen molar-refractivity contribution in [1.29, 1.82) is 0 Å². The lowest BCUT2D eigenvalue weighted by molar-refractivity contribution is -0.116. The van der Waals surface area contributed by atoms with Crippen molar-refractivity contribution in [3.05, 3.63) is 59.0 Å². The number of rotatable bonds is 9. The number of nitrogens with one attached hydrogen (secondary N) is 2. The number of aryl methyl sites for hydroxylation is 2. The monoisotopic (exact) mass is 481 g/mol. The summed E-state index contributed by atoms with van der Waals surface area (Å²) >= 11 is 1.31. The number of thiazole rings is 1. The highest BCUT2D eigenvalue weighted by Gasteiger charge is 2.14. The second kappa shape index (κ2) is 10.2. The minimum atomic E-state index is -3.50. The van der Waals surface area contributed by atoms with Gasteiger partial charge in [-0.15, -0.1) is 11.3 Å². The quantitative estimate of drug-likeness (QED) is 0.478. The van der Waals surface area contributed by atoms with Crippen molar-refractivity contribution in [2.45, 2.75) is 31.3 Å². The summed E-state index contributed by atoms with van der Waals surface area (Å²) in [5, 5.41) is 3.20. The van der Waals surface area contributed by atoms with Crippen LogP contribution in [0.5, 0.6) is 5.75 Å². The maximum Gasteiger partial charge on any atom is 0.387 e. The molecule has 1 aromatic heterocycles. The summed E-state index contributed by atoms with van der Waals surface area (Å²) in [6, 6.07) is 12.5. The molecule has 0 bridgehead atoms. The third-order valence-electron chi connectivity index (χ3n) is 4.54. The van der Waals surface area contributed by atoms with Gasteiger partial charge in [0.2, 0.25) is 15.9 Å². The largest absolute Gasteiger partial charge is 0.435 e. The number of aromatic nitrogens is 1. The Morgan fingerprint density at radius 2 is 1.78 bits per heavy atom. The Bertz CT molecular complexity index is 1180. The molecule has 7 nitrogen and oxygen atoms in total. The molecular weight excluding hydrogens is 460 g/mol. The predicted molar refractivity (Wildman–Crippen MR) is 119 cm³/mol. The van der Waals surface area contributed by atoms with Crippen molar-refractivity contribution in [3.8, 4) is 17.0 Å². The lowest BCUT2D eigenvalue weighted by atomic mass is 10.1. The van der Waals surface area contributed by atoms with Gasteiger partial charge in [0, 0.05) is 16.9 Å². The number of ether oxygens (including phenoxy) is 1. The van der Waals surface area contributed by atoms with Crippen LogP contribution in [0.3, 0.4) is 0 Å². The van der Waals surface area contributed by atoms with Gasteiger partial charge in [0.05, 0.1) is 10.6 Å². The van der Waals surface area contributed by atoms with E-state index < -0.39 is 16.6 Å². The van der Waals surface area contributed by atoms with Crippen LogP contribution in [0.4, 0.5) is 13.9 Å². The molecule has 1 heterocycles. The number of hydrogen-bond acceptors (Lipinski definition) is 6. The summed E-state index contributed by atoms with van der Waals surface area (Å²) in [7, 11) is -2.15. The summed E-state index contributed by atoms with van der Waals surface area (Å²) < 4.78 is 54.7. The van der Waals surface area contributed by atoms with Crippen LogP contribution in [0.25, 0.3) is 11.3 Å². The molecule has 0 aliphatic carbocycles. The van der Waals surface area contributed by atoms with Crippen molar-refractivity contribution in [1.82, 2.24) is 9.71 Å². The number of alkyl halides is 2. The average Bonchev–Trinajstić information content (AvgIpc) is 3.12. The average molecular weight is 482 g/mol. The van der Waals surface area contributed by atoms with E-state index in [1.165, 1.54) is 42.6 Å². The van der Waals surface area contributed by atoms with Gasteiger partial charge in [-0.2, -0.15) is 8.78 Å². The van der Waals surface area contributed by atoms with Crippen LogP contribution in [0.1, 0.15) is 16.9 Å². The Hall–Kier alpha value is -2.89. The van der Waals surface area contributed by atoms with E-state index in [1.54, 1.807) is 24.3 Å². The van der Waals surface area contributed by atoms with Crippen LogP contribution in [-0.2, 0) is 21.2 Å². The zero-order valence-electron chi connectivity index (χ0n) is 17.3. The third kappa shape index (κ3) is 6.09. The molecule has 3 aromatic rings. The molecule has 2 aromatic carbocycles. The van der Waals surface area contributed by atoms with E-state index in [1.807, 2.05) is 6.92 Å². The molecule has 0 aliphatic heterocycles. The summed E-state index contributed by atoms with van der Waals surface area (Å²) in [4.78, 5) is 17.8. The maximum atomic E-state index is 12.3. The zero-order valence-corrected chi connectivity index (χ0v) is 18.9. The molecule has 32 heavy (non-hydrogen) atoms. The Balaban J connectivity index is 1.59. The van der Waals surface area contributed by atoms with Gasteiger partial charge in [0.25, 0.3) is 0 Å². The minimum Gasteiger partial charge on any atom is -0.435 e. The molecule has 0 unspecified atom stereocenters. The number of hydrogen-bond donors (Lipinski definition) is 2. The van der Waals surface area contributed by atoms with E-state index in [2.05, 4.69) is 19.8 Å². The fourth-order valence-corrected chi connectivity index (χ4v) is 4.49. The first kappa shape index (κ1) is 23.8. The van der Waals surface area contributed by atoms with Crippen molar-refractivity contribution >= 4 is 32.4 Å². The number of amides is 1. The second-order valence-electron chi connectivity index (χ2n) is 6.73. The van der Waals surface area contributed by atoms with Crippen LogP contribution >= 0.6 is 11.3 Å². The van der Waals surface area contributed by atoms with E-state index in [0.717, 1.165) is 16.0 Å². The first-order valence-corrected chi connectivity index (χ1v) is 11.8. The normalized spacial score (nSPS) is 11.5. The molecule has 2 N–H and O–H groups in total. The number of halogens is 2. The SMILES string of the molecule is CNS(=O)(=O)c1ccc(CCC(=O)Nc2nc(-c3ccc(OC(F)F)cc3)c(C)s2)cc1. The van der Waals surface area contributed by atoms with Gasteiger partial charge in [-0.3, -0.25) is 4.79 Å². The second-order valence-corrected chi connectivity index (χ2v) is 9.82. The molecule has 11 heteroatoms. The van der Waals surface area contributed by atoms with Crippen molar-refractivity contribution in [3.63, 3.8) is 0 Å². The van der Waals surface area contributed by atoms with E-state index in [4.69, 9.17) is 0 Å². The van der Waals surface area contributed by atoms with Crippen LogP contribution in [-0.4, -0.2) is 33.0 Å². The molecule has 0 saturated carbocycles. The van der Waals surface area contributed by atoms with Crippen molar-refractivity contribution in [2.75, 3.05) is 12.4 Å². The smallest absolute Gasteiger partial charge is 0.387 e. The van der Waals surface area contributed by atoms with E-state index in [-0.39, 0.29) is 23.0 Å². The molecule has 1 amide bonds. The fourth-order valence-electron chi connectivity index (χ4n) is 2.90. The van der Waals surface area contributed by atoms with Crippen LogP contribution in [0.15, 0.2) is 53.4 Å². The number of carbonyl (C=O) groups excluding carboxylic acids is 1. The molecule has 0 atom stereocenters. The van der Waals surface area contributed by atoms with Crippen molar-refractivity contribution < 1.29 is 26.7 Å². The number of anilines is 1. The number of benzene rings is 2. The van der Waals surface area contributed by atoms with Gasteiger partial charge in [-0.1, -0.05) is 12.1 Å².